The Balaban J connectivity index is 1.95. The number of thiophene rings is 1. The van der Waals surface area contributed by atoms with E-state index >= 15 is 0 Å². The molecule has 134 valence electrons. The van der Waals surface area contributed by atoms with Gasteiger partial charge in [0.05, 0.1) is 39.1 Å². The van der Waals surface area contributed by atoms with Crippen molar-refractivity contribution in [2.75, 3.05) is 39.1 Å². The summed E-state index contributed by atoms with van der Waals surface area (Å²) in [5.74, 6) is 0. The number of nitrogens with one attached hydrogen (secondary N) is 1. The van der Waals surface area contributed by atoms with Crippen molar-refractivity contribution in [2.24, 2.45) is 0 Å². The summed E-state index contributed by atoms with van der Waals surface area (Å²) in [5, 5.41) is 13.3. The summed E-state index contributed by atoms with van der Waals surface area (Å²) in [6, 6.07) is 2.13. The Morgan fingerprint density at radius 1 is 1.50 bits per heavy atom. The van der Waals surface area contributed by atoms with Gasteiger partial charge in [0, 0.05) is 4.88 Å². The molecule has 1 aliphatic heterocycles. The van der Waals surface area contributed by atoms with E-state index in [2.05, 4.69) is 5.32 Å². The quantitative estimate of drug-likeness (QED) is 0.701. The summed E-state index contributed by atoms with van der Waals surface area (Å²) in [7, 11) is -3.69. The Labute approximate surface area is 143 Å². The highest BCUT2D eigenvalue weighted by Crippen LogP contribution is 2.22. The van der Waals surface area contributed by atoms with Crippen molar-refractivity contribution in [2.45, 2.75) is 6.10 Å². The number of nitrogens with zero attached hydrogens (tertiary/aromatic N) is 2. The predicted molar refractivity (Wildman–Crippen MR) is 87.1 cm³/mol. The van der Waals surface area contributed by atoms with Gasteiger partial charge in [-0.25, -0.2) is 27.2 Å². The highest BCUT2D eigenvalue weighted by molar-refractivity contribution is 7.88. The van der Waals surface area contributed by atoms with Gasteiger partial charge in [0.15, 0.2) is 0 Å². The zero-order valence-electron chi connectivity index (χ0n) is 13.0. The molecule has 0 spiro atoms. The molecule has 0 bridgehead atoms. The molecular formula is C13H19N3O6S2. The third-order valence-electron chi connectivity index (χ3n) is 3.33. The molecule has 0 saturated carbocycles. The third kappa shape index (κ3) is 4.44. The first-order chi connectivity index (χ1) is 11.3. The van der Waals surface area contributed by atoms with Crippen molar-refractivity contribution in [3.63, 3.8) is 0 Å². The van der Waals surface area contributed by atoms with Crippen LogP contribution in [0.2, 0.25) is 0 Å². The van der Waals surface area contributed by atoms with E-state index in [0.717, 1.165) is 16.0 Å². The standard InChI is InChI=1S/C13H19N3O6S2/c1-24(20,21)16-5-4-15(13(16)19)12(18)14-9-10(22-7-6-17)11-3-2-8-23-11/h2-3,8,10,17H,4-7,9H2,1H3,(H,14,18)/t10-/m0/s1. The molecule has 1 atom stereocenters. The summed E-state index contributed by atoms with van der Waals surface area (Å²) >= 11 is 1.44. The number of carbonyl (C=O) groups excluding carboxylic acids is 2. The van der Waals surface area contributed by atoms with E-state index in [1.54, 1.807) is 0 Å². The zero-order chi connectivity index (χ0) is 17.7. The largest absolute Gasteiger partial charge is 0.394 e. The van der Waals surface area contributed by atoms with Crippen molar-refractivity contribution in [3.8, 4) is 0 Å². The van der Waals surface area contributed by atoms with Gasteiger partial charge in [-0.3, -0.25) is 0 Å². The maximum absolute atomic E-state index is 12.1. The second-order valence-corrected chi connectivity index (χ2v) is 7.94. The van der Waals surface area contributed by atoms with Crippen LogP contribution in [0.1, 0.15) is 11.0 Å². The molecule has 9 nitrogen and oxygen atoms in total. The van der Waals surface area contributed by atoms with Gasteiger partial charge in [-0.15, -0.1) is 11.3 Å². The predicted octanol–water partition coefficient (Wildman–Crippen LogP) is 0.205. The van der Waals surface area contributed by atoms with E-state index < -0.39 is 28.2 Å². The molecule has 2 heterocycles. The molecule has 11 heteroatoms. The first-order valence-electron chi connectivity index (χ1n) is 7.17. The van der Waals surface area contributed by atoms with E-state index in [0.29, 0.717) is 4.31 Å². The number of ether oxygens (including phenoxy) is 1. The lowest BCUT2D eigenvalue weighted by atomic mass is 10.3. The molecule has 0 unspecified atom stereocenters. The summed E-state index contributed by atoms with van der Waals surface area (Å²) in [6.45, 7) is 0.00798. The van der Waals surface area contributed by atoms with Crippen LogP contribution in [0, 0.1) is 0 Å². The van der Waals surface area contributed by atoms with Crippen molar-refractivity contribution in [1.29, 1.82) is 0 Å². The van der Waals surface area contributed by atoms with Gasteiger partial charge in [0.2, 0.25) is 10.0 Å². The van der Waals surface area contributed by atoms with Crippen LogP contribution in [0.25, 0.3) is 0 Å². The second kappa shape index (κ2) is 7.92. The summed E-state index contributed by atoms with van der Waals surface area (Å²) < 4.78 is 29.1. The van der Waals surface area contributed by atoms with E-state index in [1.165, 1.54) is 11.3 Å². The average molecular weight is 377 g/mol. The molecule has 2 rings (SSSR count). The molecule has 2 N–H and O–H groups in total. The van der Waals surface area contributed by atoms with Crippen LogP contribution in [0.3, 0.4) is 0 Å². The van der Waals surface area contributed by atoms with E-state index in [4.69, 9.17) is 9.84 Å². The first kappa shape index (κ1) is 18.6. The molecule has 0 aliphatic carbocycles. The average Bonchev–Trinajstić information content (AvgIpc) is 3.16. The number of amides is 4. The molecule has 4 amide bonds. The van der Waals surface area contributed by atoms with Gasteiger partial charge in [-0.1, -0.05) is 6.07 Å². The molecule has 1 aromatic rings. The Kier molecular flexibility index (Phi) is 6.15. The Morgan fingerprint density at radius 3 is 2.79 bits per heavy atom. The van der Waals surface area contributed by atoms with Gasteiger partial charge >= 0.3 is 12.1 Å². The lowest BCUT2D eigenvalue weighted by molar-refractivity contribution is 0.0309. The molecule has 1 saturated heterocycles. The number of rotatable bonds is 7. The van der Waals surface area contributed by atoms with Crippen LogP contribution < -0.4 is 5.32 Å². The van der Waals surface area contributed by atoms with Gasteiger partial charge in [0.1, 0.15) is 6.10 Å². The van der Waals surface area contributed by atoms with Gasteiger partial charge < -0.3 is 15.2 Å². The number of sulfonamides is 1. The molecule has 0 radical (unpaired) electrons. The fourth-order valence-corrected chi connectivity index (χ4v) is 3.77. The zero-order valence-corrected chi connectivity index (χ0v) is 14.7. The fourth-order valence-electron chi connectivity index (χ4n) is 2.20. The SMILES string of the molecule is CS(=O)(=O)N1CCN(C(=O)NC[C@H](OCCO)c2cccs2)C1=O. The van der Waals surface area contributed by atoms with Crippen molar-refractivity contribution in [1.82, 2.24) is 14.5 Å². The third-order valence-corrected chi connectivity index (χ3v) is 5.43. The number of imide groups is 1. The Bertz CT molecular complexity index is 676. The fraction of sp³-hybridized carbons (Fsp3) is 0.538. The topological polar surface area (TPSA) is 116 Å². The monoisotopic (exact) mass is 377 g/mol. The van der Waals surface area contributed by atoms with Crippen molar-refractivity contribution in [3.05, 3.63) is 22.4 Å². The van der Waals surface area contributed by atoms with Crippen LogP contribution in [-0.2, 0) is 14.8 Å². The number of hydrogen-bond donors (Lipinski definition) is 2. The summed E-state index contributed by atoms with van der Waals surface area (Å²) in [4.78, 5) is 25.9. The lowest BCUT2D eigenvalue weighted by Gasteiger charge is -2.20. The van der Waals surface area contributed by atoms with Crippen LogP contribution >= 0.6 is 11.3 Å². The summed E-state index contributed by atoms with van der Waals surface area (Å²) in [5.41, 5.74) is 0. The van der Waals surface area contributed by atoms with E-state index in [1.807, 2.05) is 17.5 Å². The Hall–Kier alpha value is -1.69. The highest BCUT2D eigenvalue weighted by atomic mass is 32.2. The lowest BCUT2D eigenvalue weighted by Crippen LogP contribution is -2.44. The molecule has 1 fully saturated rings. The molecule has 0 aromatic carbocycles. The molecule has 1 aliphatic rings. The maximum atomic E-state index is 12.1. The minimum atomic E-state index is -3.69. The van der Waals surface area contributed by atoms with E-state index in [-0.39, 0.29) is 32.8 Å². The van der Waals surface area contributed by atoms with Crippen LogP contribution in [0.15, 0.2) is 17.5 Å². The number of aliphatic hydroxyl groups is 1. The van der Waals surface area contributed by atoms with Crippen LogP contribution in [-0.4, -0.2) is 73.9 Å². The van der Waals surface area contributed by atoms with Crippen LogP contribution in [0.5, 0.6) is 0 Å². The number of hydrogen-bond acceptors (Lipinski definition) is 7. The number of aliphatic hydroxyl groups excluding tert-OH is 1. The van der Waals surface area contributed by atoms with Crippen molar-refractivity contribution < 1.29 is 27.9 Å². The second-order valence-electron chi connectivity index (χ2n) is 5.05. The van der Waals surface area contributed by atoms with Gasteiger partial charge in [-0.05, 0) is 11.4 Å². The van der Waals surface area contributed by atoms with Gasteiger partial charge in [-0.2, -0.15) is 0 Å². The smallest absolute Gasteiger partial charge is 0.341 e. The van der Waals surface area contributed by atoms with E-state index in [9.17, 15) is 18.0 Å². The van der Waals surface area contributed by atoms with Gasteiger partial charge in [0.25, 0.3) is 0 Å². The minimum Gasteiger partial charge on any atom is -0.394 e. The van der Waals surface area contributed by atoms with Crippen molar-refractivity contribution >= 4 is 33.4 Å². The molecule has 1 aromatic heterocycles. The molecule has 24 heavy (non-hydrogen) atoms. The maximum Gasteiger partial charge on any atom is 0.341 e. The first-order valence-corrected chi connectivity index (χ1v) is 9.90. The molecular weight excluding hydrogens is 358 g/mol. The Morgan fingerprint density at radius 2 is 2.25 bits per heavy atom. The normalized spacial score (nSPS) is 16.5. The highest BCUT2D eigenvalue weighted by Gasteiger charge is 2.38. The number of urea groups is 2. The summed E-state index contributed by atoms with van der Waals surface area (Å²) in [6.07, 6.45) is 0.465. The minimum absolute atomic E-state index is 0.00109. The van der Waals surface area contributed by atoms with Crippen LogP contribution in [0.4, 0.5) is 9.59 Å². The number of carbonyl (C=O) groups is 2.